The fourth-order valence-corrected chi connectivity index (χ4v) is 3.32. The van der Waals surface area contributed by atoms with Crippen LogP contribution in [0.5, 0.6) is 0 Å². The molecule has 0 spiro atoms. The number of pyridine rings is 1. The smallest absolute Gasteiger partial charge is 0.273 e. The second-order valence-electron chi connectivity index (χ2n) is 6.34. The summed E-state index contributed by atoms with van der Waals surface area (Å²) in [4.78, 5) is 31.5. The molecule has 0 radical (unpaired) electrons. The van der Waals surface area contributed by atoms with E-state index < -0.39 is 6.04 Å². The summed E-state index contributed by atoms with van der Waals surface area (Å²) >= 11 is 0. The van der Waals surface area contributed by atoms with Crippen LogP contribution in [0, 0.1) is 0 Å². The average molecular weight is 349 g/mol. The van der Waals surface area contributed by atoms with Crippen LogP contribution in [0.3, 0.4) is 0 Å². The summed E-state index contributed by atoms with van der Waals surface area (Å²) in [5, 5.41) is 3.83. The van der Waals surface area contributed by atoms with Gasteiger partial charge in [-0.1, -0.05) is 24.3 Å². The monoisotopic (exact) mass is 349 g/mol. The van der Waals surface area contributed by atoms with Crippen LogP contribution in [-0.2, 0) is 11.3 Å². The standard InChI is InChI=1S/C20H19N3O3/c24-19(21-13-15-6-4-12-26-15)18-8-3-11-23(18)20(25)17-10-9-14-5-1-2-7-16(14)22-17/h1-2,4-7,9-10,12,18H,3,8,11,13H2,(H,21,24)/t18-/m0/s1. The molecule has 1 aromatic carbocycles. The molecule has 1 N–H and O–H groups in total. The van der Waals surface area contributed by atoms with E-state index in [0.29, 0.717) is 31.0 Å². The largest absolute Gasteiger partial charge is 0.467 e. The molecule has 0 saturated carbocycles. The van der Waals surface area contributed by atoms with Crippen molar-refractivity contribution in [3.8, 4) is 0 Å². The zero-order valence-electron chi connectivity index (χ0n) is 14.2. The lowest BCUT2D eigenvalue weighted by Gasteiger charge is -2.23. The minimum atomic E-state index is -0.467. The maximum absolute atomic E-state index is 12.9. The van der Waals surface area contributed by atoms with Gasteiger partial charge in [-0.25, -0.2) is 4.98 Å². The van der Waals surface area contributed by atoms with Crippen molar-refractivity contribution in [2.75, 3.05) is 6.54 Å². The lowest BCUT2D eigenvalue weighted by atomic mass is 10.1. The molecule has 0 aliphatic carbocycles. The molecular weight excluding hydrogens is 330 g/mol. The number of hydrogen-bond donors (Lipinski definition) is 1. The van der Waals surface area contributed by atoms with Gasteiger partial charge in [0, 0.05) is 11.9 Å². The number of nitrogens with zero attached hydrogens (tertiary/aromatic N) is 2. The van der Waals surface area contributed by atoms with E-state index in [1.165, 1.54) is 0 Å². The summed E-state index contributed by atoms with van der Waals surface area (Å²) in [5.74, 6) is 0.324. The third-order valence-corrected chi connectivity index (χ3v) is 4.65. The molecule has 1 saturated heterocycles. The van der Waals surface area contributed by atoms with Crippen molar-refractivity contribution in [2.24, 2.45) is 0 Å². The van der Waals surface area contributed by atoms with Gasteiger partial charge in [0.25, 0.3) is 5.91 Å². The molecule has 6 nitrogen and oxygen atoms in total. The topological polar surface area (TPSA) is 75.4 Å². The van der Waals surface area contributed by atoms with Crippen molar-refractivity contribution in [1.29, 1.82) is 0 Å². The van der Waals surface area contributed by atoms with Crippen LogP contribution in [0.15, 0.2) is 59.2 Å². The predicted octanol–water partition coefficient (Wildman–Crippen LogP) is 2.75. The Morgan fingerprint density at radius 2 is 2.04 bits per heavy atom. The summed E-state index contributed by atoms with van der Waals surface area (Å²) in [6.45, 7) is 0.880. The Kier molecular flexibility index (Phi) is 4.39. The van der Waals surface area contributed by atoms with Crippen LogP contribution < -0.4 is 5.32 Å². The van der Waals surface area contributed by atoms with Crippen LogP contribution >= 0.6 is 0 Å². The number of benzene rings is 1. The van der Waals surface area contributed by atoms with E-state index in [1.807, 2.05) is 30.3 Å². The van der Waals surface area contributed by atoms with Gasteiger partial charge in [-0.05, 0) is 37.1 Å². The van der Waals surface area contributed by atoms with Crippen molar-refractivity contribution < 1.29 is 14.0 Å². The number of furan rings is 1. The molecule has 1 atom stereocenters. The fourth-order valence-electron chi connectivity index (χ4n) is 3.32. The number of rotatable bonds is 4. The summed E-state index contributed by atoms with van der Waals surface area (Å²) in [7, 11) is 0. The summed E-state index contributed by atoms with van der Waals surface area (Å²) < 4.78 is 5.23. The van der Waals surface area contributed by atoms with Gasteiger partial charge in [0.05, 0.1) is 18.3 Å². The zero-order chi connectivity index (χ0) is 17.9. The van der Waals surface area contributed by atoms with E-state index in [9.17, 15) is 9.59 Å². The summed E-state index contributed by atoms with van der Waals surface area (Å²) in [6.07, 6.45) is 3.03. The molecule has 2 amide bonds. The second kappa shape index (κ2) is 7.00. The van der Waals surface area contributed by atoms with Crippen LogP contribution in [0.2, 0.25) is 0 Å². The van der Waals surface area contributed by atoms with E-state index in [1.54, 1.807) is 29.4 Å². The van der Waals surface area contributed by atoms with Gasteiger partial charge in [0.2, 0.25) is 5.91 Å². The molecule has 0 bridgehead atoms. The number of hydrogen-bond acceptors (Lipinski definition) is 4. The highest BCUT2D eigenvalue weighted by Crippen LogP contribution is 2.21. The number of carbonyl (C=O) groups excluding carboxylic acids is 2. The SMILES string of the molecule is O=C(NCc1ccco1)[C@@H]1CCCN1C(=O)c1ccc2ccccc2n1. The lowest BCUT2D eigenvalue weighted by Crippen LogP contribution is -2.45. The highest BCUT2D eigenvalue weighted by atomic mass is 16.3. The maximum Gasteiger partial charge on any atom is 0.273 e. The first-order chi connectivity index (χ1) is 12.7. The molecule has 0 unspecified atom stereocenters. The van der Waals surface area contributed by atoms with Crippen molar-refractivity contribution in [3.05, 3.63) is 66.2 Å². The first-order valence-electron chi connectivity index (χ1n) is 8.69. The first-order valence-corrected chi connectivity index (χ1v) is 8.69. The van der Waals surface area contributed by atoms with E-state index in [2.05, 4.69) is 10.3 Å². The number of aromatic nitrogens is 1. The third-order valence-electron chi connectivity index (χ3n) is 4.65. The van der Waals surface area contributed by atoms with E-state index in [-0.39, 0.29) is 11.8 Å². The van der Waals surface area contributed by atoms with Crippen molar-refractivity contribution >= 4 is 22.7 Å². The number of nitrogens with one attached hydrogen (secondary N) is 1. The number of fused-ring (bicyclic) bond motifs is 1. The Morgan fingerprint density at radius 3 is 2.88 bits per heavy atom. The summed E-state index contributed by atoms with van der Waals surface area (Å²) in [5.41, 5.74) is 1.14. The molecule has 132 valence electrons. The molecule has 1 aliphatic heterocycles. The Bertz CT molecular complexity index is 936. The molecule has 6 heteroatoms. The quantitative estimate of drug-likeness (QED) is 0.786. The predicted molar refractivity (Wildman–Crippen MR) is 96.4 cm³/mol. The number of carbonyl (C=O) groups is 2. The Morgan fingerprint density at radius 1 is 1.15 bits per heavy atom. The number of likely N-dealkylation sites (tertiary alicyclic amines) is 1. The van der Waals surface area contributed by atoms with E-state index >= 15 is 0 Å². The van der Waals surface area contributed by atoms with Gasteiger partial charge in [-0.15, -0.1) is 0 Å². The summed E-state index contributed by atoms with van der Waals surface area (Å²) in [6, 6.07) is 14.4. The third kappa shape index (κ3) is 3.18. The number of amides is 2. The Labute approximate surface area is 150 Å². The molecule has 2 aromatic heterocycles. The highest BCUT2D eigenvalue weighted by Gasteiger charge is 2.35. The number of para-hydroxylation sites is 1. The minimum absolute atomic E-state index is 0.159. The molecule has 3 aromatic rings. The lowest BCUT2D eigenvalue weighted by molar-refractivity contribution is -0.125. The Balaban J connectivity index is 1.49. The second-order valence-corrected chi connectivity index (χ2v) is 6.34. The molecule has 3 heterocycles. The van der Waals surface area contributed by atoms with Crippen LogP contribution in [0.25, 0.3) is 10.9 Å². The van der Waals surface area contributed by atoms with Gasteiger partial charge in [0.1, 0.15) is 17.5 Å². The van der Waals surface area contributed by atoms with Gasteiger partial charge in [0.15, 0.2) is 0 Å². The minimum Gasteiger partial charge on any atom is -0.467 e. The van der Waals surface area contributed by atoms with Crippen LogP contribution in [-0.4, -0.2) is 34.3 Å². The van der Waals surface area contributed by atoms with Crippen molar-refractivity contribution in [2.45, 2.75) is 25.4 Å². The van der Waals surface area contributed by atoms with Crippen LogP contribution in [0.1, 0.15) is 29.1 Å². The highest BCUT2D eigenvalue weighted by molar-refractivity contribution is 5.98. The van der Waals surface area contributed by atoms with Gasteiger partial charge < -0.3 is 14.6 Å². The maximum atomic E-state index is 12.9. The molecule has 1 fully saturated rings. The normalized spacial score (nSPS) is 16.8. The zero-order valence-corrected chi connectivity index (χ0v) is 14.2. The van der Waals surface area contributed by atoms with Crippen molar-refractivity contribution in [1.82, 2.24) is 15.2 Å². The van der Waals surface area contributed by atoms with E-state index in [4.69, 9.17) is 4.42 Å². The van der Waals surface area contributed by atoms with Crippen molar-refractivity contribution in [3.63, 3.8) is 0 Å². The molecule has 26 heavy (non-hydrogen) atoms. The van der Waals surface area contributed by atoms with Gasteiger partial charge >= 0.3 is 0 Å². The average Bonchev–Trinajstić information content (AvgIpc) is 3.37. The molecule has 1 aliphatic rings. The molecular formula is C20H19N3O3. The molecule has 4 rings (SSSR count). The van der Waals surface area contributed by atoms with Crippen LogP contribution in [0.4, 0.5) is 0 Å². The fraction of sp³-hybridized carbons (Fsp3) is 0.250. The van der Waals surface area contributed by atoms with Gasteiger partial charge in [-0.2, -0.15) is 0 Å². The van der Waals surface area contributed by atoms with Gasteiger partial charge in [-0.3, -0.25) is 9.59 Å². The van der Waals surface area contributed by atoms with E-state index in [0.717, 1.165) is 17.3 Å². The first kappa shape index (κ1) is 16.3. The Hall–Kier alpha value is -3.15.